The molecule has 152 valence electrons. The average Bonchev–Trinajstić information content (AvgIpc) is 3.23. The van der Waals surface area contributed by atoms with E-state index in [1.807, 2.05) is 18.2 Å². The Balaban J connectivity index is 1.85. The number of halogens is 2. The molecule has 0 saturated carbocycles. The summed E-state index contributed by atoms with van der Waals surface area (Å²) in [5, 5.41) is 3.09. The first-order valence-electron chi connectivity index (χ1n) is 8.74. The summed E-state index contributed by atoms with van der Waals surface area (Å²) in [6, 6.07) is 12.3. The Hall–Kier alpha value is -3.13. The summed E-state index contributed by atoms with van der Waals surface area (Å²) in [4.78, 5) is 1.79. The molecule has 0 aliphatic heterocycles. The molecular weight excluding hydrogens is 398 g/mol. The van der Waals surface area contributed by atoms with Gasteiger partial charge in [0.25, 0.3) is 0 Å². The lowest BCUT2D eigenvalue weighted by Gasteiger charge is -2.26. The monoisotopic (exact) mass is 418 g/mol. The molecular formula is C21H20F2N2O3S. The minimum absolute atomic E-state index is 0.0857. The van der Waals surface area contributed by atoms with E-state index in [-0.39, 0.29) is 10.8 Å². The molecule has 0 spiro atoms. The number of nitrogens with one attached hydrogen (secondary N) is 1. The highest BCUT2D eigenvalue weighted by molar-refractivity contribution is 7.80. The molecule has 0 atom stereocenters. The normalized spacial score (nSPS) is 10.5. The average molecular weight is 418 g/mol. The fourth-order valence-electron chi connectivity index (χ4n) is 2.76. The van der Waals surface area contributed by atoms with Crippen molar-refractivity contribution in [3.63, 3.8) is 0 Å². The zero-order valence-corrected chi connectivity index (χ0v) is 16.8. The van der Waals surface area contributed by atoms with Crippen molar-refractivity contribution < 1.29 is 22.7 Å². The third kappa shape index (κ3) is 5.23. The predicted octanol–water partition coefficient (Wildman–Crippen LogP) is 4.97. The van der Waals surface area contributed by atoms with E-state index < -0.39 is 11.6 Å². The van der Waals surface area contributed by atoms with Crippen LogP contribution in [0.1, 0.15) is 11.3 Å². The standard InChI is InChI=1S/C21H20F2N2O3S/c1-26-16-7-5-14(20(11-16)27-2)12-25(13-17-4-3-9-28-17)21(29)24-19-8-6-15(22)10-18(19)23/h3-11H,12-13H2,1-2H3,(H,24,29). The van der Waals surface area contributed by atoms with Gasteiger partial charge in [-0.15, -0.1) is 0 Å². The Morgan fingerprint density at radius 2 is 1.90 bits per heavy atom. The molecule has 0 bridgehead atoms. The Bertz CT molecular complexity index is 980. The zero-order valence-electron chi connectivity index (χ0n) is 15.9. The number of methoxy groups -OCH3 is 2. The molecule has 3 rings (SSSR count). The van der Waals surface area contributed by atoms with Crippen LogP contribution in [0.3, 0.4) is 0 Å². The van der Waals surface area contributed by atoms with E-state index in [0.717, 1.165) is 17.7 Å². The van der Waals surface area contributed by atoms with E-state index >= 15 is 0 Å². The molecule has 0 radical (unpaired) electrons. The molecule has 5 nitrogen and oxygen atoms in total. The Kier molecular flexibility index (Phi) is 6.66. The molecule has 0 fully saturated rings. The SMILES string of the molecule is COc1ccc(CN(Cc2ccco2)C(=S)Nc2ccc(F)cc2F)c(OC)c1. The van der Waals surface area contributed by atoms with Crippen molar-refractivity contribution in [2.75, 3.05) is 19.5 Å². The number of benzene rings is 2. The summed E-state index contributed by atoms with van der Waals surface area (Å²) in [5.74, 6) is 0.588. The summed E-state index contributed by atoms with van der Waals surface area (Å²) in [6.07, 6.45) is 1.57. The predicted molar refractivity (Wildman–Crippen MR) is 110 cm³/mol. The minimum atomic E-state index is -0.729. The van der Waals surface area contributed by atoms with Gasteiger partial charge in [0, 0.05) is 24.2 Å². The van der Waals surface area contributed by atoms with E-state index in [2.05, 4.69) is 5.32 Å². The summed E-state index contributed by atoms with van der Waals surface area (Å²) in [6.45, 7) is 0.708. The topological polar surface area (TPSA) is 46.9 Å². The number of furan rings is 1. The van der Waals surface area contributed by atoms with Crippen LogP contribution in [-0.4, -0.2) is 24.2 Å². The van der Waals surface area contributed by atoms with Crippen molar-refractivity contribution in [3.05, 3.63) is 77.8 Å². The third-order valence-electron chi connectivity index (χ3n) is 4.24. The molecule has 0 amide bonds. The summed E-state index contributed by atoms with van der Waals surface area (Å²) in [7, 11) is 3.15. The van der Waals surface area contributed by atoms with E-state index in [1.54, 1.807) is 37.5 Å². The second kappa shape index (κ2) is 9.38. The zero-order chi connectivity index (χ0) is 20.8. The smallest absolute Gasteiger partial charge is 0.174 e. The second-order valence-corrected chi connectivity index (χ2v) is 6.55. The van der Waals surface area contributed by atoms with Gasteiger partial charge in [0.15, 0.2) is 5.11 Å². The van der Waals surface area contributed by atoms with Crippen molar-refractivity contribution in [1.29, 1.82) is 0 Å². The lowest BCUT2D eigenvalue weighted by molar-refractivity contribution is 0.346. The fraction of sp³-hybridized carbons (Fsp3) is 0.190. The highest BCUT2D eigenvalue weighted by Gasteiger charge is 2.17. The van der Waals surface area contributed by atoms with Crippen molar-refractivity contribution in [1.82, 2.24) is 4.90 Å². The molecule has 1 aromatic heterocycles. The third-order valence-corrected chi connectivity index (χ3v) is 4.60. The van der Waals surface area contributed by atoms with E-state index in [1.165, 1.54) is 6.07 Å². The lowest BCUT2D eigenvalue weighted by atomic mass is 10.1. The van der Waals surface area contributed by atoms with Gasteiger partial charge in [-0.1, -0.05) is 0 Å². The summed E-state index contributed by atoms with van der Waals surface area (Å²) < 4.78 is 43.3. The number of hydrogen-bond acceptors (Lipinski definition) is 4. The molecule has 8 heteroatoms. The van der Waals surface area contributed by atoms with Gasteiger partial charge in [-0.3, -0.25) is 0 Å². The van der Waals surface area contributed by atoms with Crippen LogP contribution in [0.15, 0.2) is 59.2 Å². The number of ether oxygens (including phenoxy) is 2. The van der Waals surface area contributed by atoms with E-state index in [4.69, 9.17) is 26.1 Å². The van der Waals surface area contributed by atoms with Gasteiger partial charge < -0.3 is 24.1 Å². The Labute approximate surface area is 172 Å². The Morgan fingerprint density at radius 3 is 2.55 bits per heavy atom. The van der Waals surface area contributed by atoms with Gasteiger partial charge >= 0.3 is 0 Å². The van der Waals surface area contributed by atoms with Gasteiger partial charge in [-0.2, -0.15) is 0 Å². The first kappa shape index (κ1) is 20.6. The molecule has 29 heavy (non-hydrogen) atoms. The maximum Gasteiger partial charge on any atom is 0.174 e. The van der Waals surface area contributed by atoms with Gasteiger partial charge in [-0.05, 0) is 48.6 Å². The quantitative estimate of drug-likeness (QED) is 0.547. The molecule has 3 aromatic rings. The fourth-order valence-corrected chi connectivity index (χ4v) is 3.00. The van der Waals surface area contributed by atoms with Crippen LogP contribution >= 0.6 is 12.2 Å². The Morgan fingerprint density at radius 1 is 1.07 bits per heavy atom. The summed E-state index contributed by atoms with van der Waals surface area (Å²) in [5.41, 5.74) is 0.936. The molecule has 0 saturated heterocycles. The van der Waals surface area contributed by atoms with Crippen LogP contribution in [-0.2, 0) is 13.1 Å². The molecule has 1 heterocycles. The lowest BCUT2D eigenvalue weighted by Crippen LogP contribution is -2.34. The maximum atomic E-state index is 14.0. The molecule has 0 aliphatic rings. The minimum Gasteiger partial charge on any atom is -0.497 e. The second-order valence-electron chi connectivity index (χ2n) is 6.17. The number of nitrogens with zero attached hydrogens (tertiary/aromatic N) is 1. The highest BCUT2D eigenvalue weighted by atomic mass is 32.1. The number of rotatable bonds is 7. The summed E-state index contributed by atoms with van der Waals surface area (Å²) >= 11 is 5.50. The molecule has 1 N–H and O–H groups in total. The van der Waals surface area contributed by atoms with Gasteiger partial charge in [-0.25, -0.2) is 8.78 Å². The number of thiocarbonyl (C=S) groups is 1. The van der Waals surface area contributed by atoms with Crippen molar-refractivity contribution >= 4 is 23.0 Å². The van der Waals surface area contributed by atoms with E-state index in [9.17, 15) is 8.78 Å². The number of anilines is 1. The first-order chi connectivity index (χ1) is 14.0. The van der Waals surface area contributed by atoms with Crippen LogP contribution in [0.2, 0.25) is 0 Å². The van der Waals surface area contributed by atoms with Crippen LogP contribution in [0.25, 0.3) is 0 Å². The van der Waals surface area contributed by atoms with Gasteiger partial charge in [0.2, 0.25) is 0 Å². The van der Waals surface area contributed by atoms with Gasteiger partial charge in [0.1, 0.15) is 28.9 Å². The van der Waals surface area contributed by atoms with Crippen molar-refractivity contribution in [2.24, 2.45) is 0 Å². The highest BCUT2D eigenvalue weighted by Crippen LogP contribution is 2.27. The van der Waals surface area contributed by atoms with Crippen LogP contribution < -0.4 is 14.8 Å². The molecule has 2 aromatic carbocycles. The maximum absolute atomic E-state index is 14.0. The first-order valence-corrected chi connectivity index (χ1v) is 9.15. The van der Waals surface area contributed by atoms with Crippen LogP contribution in [0, 0.1) is 11.6 Å². The van der Waals surface area contributed by atoms with Crippen LogP contribution in [0.5, 0.6) is 11.5 Å². The van der Waals surface area contributed by atoms with Crippen LogP contribution in [0.4, 0.5) is 14.5 Å². The number of hydrogen-bond donors (Lipinski definition) is 1. The molecule has 0 unspecified atom stereocenters. The largest absolute Gasteiger partial charge is 0.497 e. The van der Waals surface area contributed by atoms with E-state index in [0.29, 0.717) is 30.3 Å². The van der Waals surface area contributed by atoms with Crippen molar-refractivity contribution in [3.8, 4) is 11.5 Å². The molecule has 0 aliphatic carbocycles. The van der Waals surface area contributed by atoms with Gasteiger partial charge in [0.05, 0.1) is 32.7 Å². The van der Waals surface area contributed by atoms with Crippen molar-refractivity contribution in [2.45, 2.75) is 13.1 Å².